The molecule has 0 bridgehead atoms. The van der Waals surface area contributed by atoms with E-state index in [9.17, 15) is 57.7 Å². The van der Waals surface area contributed by atoms with Crippen LogP contribution < -0.4 is 40.1 Å². The first-order valence-electron chi connectivity index (χ1n) is 47.2. The van der Waals surface area contributed by atoms with Crippen molar-refractivity contribution < 1.29 is 90.9 Å². The minimum absolute atomic E-state index is 0.0283. The highest BCUT2D eigenvalue weighted by Gasteiger charge is 2.58. The van der Waals surface area contributed by atoms with Crippen molar-refractivity contribution >= 4 is 79.3 Å². The molecule has 774 valence electrons. The molecular weight excluding hydrogens is 1860 g/mol. The summed E-state index contributed by atoms with van der Waals surface area (Å²) in [5.41, 5.74) is 50.8. The fourth-order valence-corrected chi connectivity index (χ4v) is 20.9. The van der Waals surface area contributed by atoms with Crippen LogP contribution in [0.4, 0.5) is 62.7 Å². The topological polar surface area (TPSA) is 600 Å². The molecule has 7 aliphatic rings. The van der Waals surface area contributed by atoms with Crippen LogP contribution in [0.5, 0.6) is 0 Å². The second-order valence-corrected chi connectivity index (χ2v) is 41.1. The number of nitrogens with two attached hydrogens (primary N) is 7. The second-order valence-electron chi connectivity index (χ2n) is 41.1. The van der Waals surface area contributed by atoms with Crippen LogP contribution >= 0.6 is 0 Å². The van der Waals surface area contributed by atoms with Gasteiger partial charge in [-0.3, -0.25) is 0 Å². The van der Waals surface area contributed by atoms with E-state index in [-0.39, 0.29) is 99.2 Å². The lowest BCUT2D eigenvalue weighted by Gasteiger charge is -2.28. The molecule has 143 heavy (non-hydrogen) atoms. The average molecular weight is 2000 g/mol. The number of fused-ring (bicyclic) bond motifs is 7. The lowest BCUT2D eigenvalue weighted by molar-refractivity contribution is -0.0200. The zero-order valence-electron chi connectivity index (χ0n) is 83.3. The zero-order chi connectivity index (χ0) is 104. The lowest BCUT2D eigenvalue weighted by Crippen LogP contribution is -2.32. The summed E-state index contributed by atoms with van der Waals surface area (Å²) in [6, 6.07) is 18.6. The number of anilines is 7. The van der Waals surface area contributed by atoms with Crippen molar-refractivity contribution in [2.45, 2.75) is 247 Å². The Labute approximate surface area is 820 Å². The molecule has 7 fully saturated rings. The Morgan fingerprint density at radius 3 is 0.790 bits per heavy atom. The number of aliphatic hydroxyl groups is 7. The molecular formula is C96H131F5N28O14. The molecule has 0 spiro atoms. The largest absolute Gasteiger partial charge is 0.394 e. The number of ether oxygens (including phenoxy) is 7. The molecule has 7 saturated heterocycles. The fourth-order valence-electron chi connectivity index (χ4n) is 20.9. The maximum absolute atomic E-state index is 15.0. The molecule has 21 rings (SSSR count). The van der Waals surface area contributed by atoms with Gasteiger partial charge in [0, 0.05) is 38.9 Å². The molecule has 47 heteroatoms. The molecule has 0 unspecified atom stereocenters. The van der Waals surface area contributed by atoms with Crippen molar-refractivity contribution in [2.24, 2.45) is 50.7 Å². The van der Waals surface area contributed by atoms with Crippen molar-refractivity contribution in [1.29, 1.82) is 0 Å². The monoisotopic (exact) mass is 2000 g/mol. The van der Waals surface area contributed by atoms with Gasteiger partial charge in [0.05, 0.1) is 111 Å². The summed E-state index contributed by atoms with van der Waals surface area (Å²) in [4.78, 5) is 27.8. The SMILES string of the molecule is CC1(C)[C@H](F)[C@@H](CO)O[C@H]1c1ccc2c(N)ncnn12.C[C@@H]1[C@@H](CO)O[C@@H](c2ccc3c(N)ncnn23)C1(C)C.C[C@@H]1[C@@H](CO)O[C@@H](c2ccc3c(N)ncnn23)[C@]1(C)F.Cc1cc([C@@H]2O[C@H](CO)[C@@H](C)C2(C)C)n2ncnc(N)c12.Cc1cc([C@@H]2O[C@H](CO)[C@@H](C)[C@H]2F)n2ncnc(N)c12.Cc1cc([C@@H]2O[C@H](CO)[C@@H](F)C2(C)C)n2ncnc(N)c12.Cc1cc([C@@H]2O[C@H](CO)[C@@H](F)C2(C)C)n2ncnc(N)c12. The van der Waals surface area contributed by atoms with Gasteiger partial charge in [0.1, 0.15) is 174 Å². The predicted octanol–water partition coefficient (Wildman–Crippen LogP) is 9.20. The van der Waals surface area contributed by atoms with E-state index < -0.39 is 114 Å². The Hall–Kier alpha value is -12.0. The summed E-state index contributed by atoms with van der Waals surface area (Å²) < 4.78 is 125. The molecule has 0 saturated carbocycles. The third kappa shape index (κ3) is 18.5. The summed E-state index contributed by atoms with van der Waals surface area (Å²) in [7, 11) is 0. The Bertz CT molecular complexity index is 6320. The summed E-state index contributed by atoms with van der Waals surface area (Å²) in [6.07, 6.45) is -2.47. The van der Waals surface area contributed by atoms with E-state index in [0.29, 0.717) is 85.4 Å². The third-order valence-electron chi connectivity index (χ3n) is 30.4. The van der Waals surface area contributed by atoms with Crippen LogP contribution in [0.25, 0.3) is 38.6 Å². The highest BCUT2D eigenvalue weighted by atomic mass is 19.2. The number of hydrogen-bond donors (Lipinski definition) is 14. The van der Waals surface area contributed by atoms with E-state index in [2.05, 4.69) is 118 Å². The Balaban J connectivity index is 0.000000126. The molecule has 0 amide bonds. The lowest BCUT2D eigenvalue weighted by atomic mass is 9.75. The fraction of sp³-hybridized carbons (Fsp3) is 0.562. The molecule has 14 aromatic rings. The van der Waals surface area contributed by atoms with Gasteiger partial charge in [0.15, 0.2) is 40.7 Å². The van der Waals surface area contributed by atoms with Crippen molar-refractivity contribution in [3.63, 3.8) is 0 Å². The van der Waals surface area contributed by atoms with Gasteiger partial charge < -0.3 is 109 Å². The molecule has 14 aromatic heterocycles. The van der Waals surface area contributed by atoms with E-state index in [1.54, 1.807) is 102 Å². The van der Waals surface area contributed by atoms with Crippen LogP contribution in [0.15, 0.2) is 105 Å². The van der Waals surface area contributed by atoms with Gasteiger partial charge in [0.2, 0.25) is 0 Å². The number of aliphatic hydroxyl groups excluding tert-OH is 7. The van der Waals surface area contributed by atoms with Gasteiger partial charge in [-0.15, -0.1) is 0 Å². The number of aryl methyl sites for hydroxylation is 4. The maximum Gasteiger partial charge on any atom is 0.151 e. The summed E-state index contributed by atoms with van der Waals surface area (Å²) in [5, 5.41) is 94.7. The Morgan fingerprint density at radius 1 is 0.287 bits per heavy atom. The van der Waals surface area contributed by atoms with Crippen molar-refractivity contribution in [1.82, 2.24) is 102 Å². The van der Waals surface area contributed by atoms with Crippen LogP contribution in [-0.4, -0.2) is 257 Å². The maximum atomic E-state index is 15.0. The molecule has 42 nitrogen and oxygen atoms in total. The van der Waals surface area contributed by atoms with Crippen molar-refractivity contribution in [2.75, 3.05) is 86.4 Å². The number of nitrogens with zero attached hydrogens (tertiary/aromatic N) is 21. The average Bonchev–Trinajstić information content (AvgIpc) is 1.61. The number of rotatable bonds is 14. The molecule has 7 aliphatic heterocycles. The normalized spacial score (nSPS) is 29.6. The van der Waals surface area contributed by atoms with Crippen molar-refractivity contribution in [3.8, 4) is 0 Å². The van der Waals surface area contributed by atoms with Crippen LogP contribution in [0.3, 0.4) is 0 Å². The summed E-state index contributed by atoms with van der Waals surface area (Å²) >= 11 is 0. The first-order chi connectivity index (χ1) is 67.6. The third-order valence-corrected chi connectivity index (χ3v) is 30.4. The van der Waals surface area contributed by atoms with Crippen LogP contribution in [0.2, 0.25) is 0 Å². The smallest absolute Gasteiger partial charge is 0.151 e. The van der Waals surface area contributed by atoms with Gasteiger partial charge in [-0.1, -0.05) is 96.9 Å². The van der Waals surface area contributed by atoms with Gasteiger partial charge >= 0.3 is 0 Å². The Morgan fingerprint density at radius 2 is 0.517 bits per heavy atom. The van der Waals surface area contributed by atoms with E-state index in [1.165, 1.54) is 55.7 Å². The van der Waals surface area contributed by atoms with Crippen LogP contribution in [0.1, 0.15) is 209 Å². The van der Waals surface area contributed by atoms with Gasteiger partial charge in [-0.2, -0.15) is 35.7 Å². The zero-order valence-corrected chi connectivity index (χ0v) is 83.3. The minimum atomic E-state index is -1.60. The number of halogens is 5. The number of aromatic nitrogens is 21. The molecule has 0 aromatic carbocycles. The Kier molecular flexibility index (Phi) is 29.9. The molecule has 0 radical (unpaired) electrons. The van der Waals surface area contributed by atoms with Crippen molar-refractivity contribution in [3.05, 3.63) is 167 Å². The number of alkyl halides is 5. The predicted molar refractivity (Wildman–Crippen MR) is 518 cm³/mol. The van der Waals surface area contributed by atoms with E-state index in [1.807, 2.05) is 62.5 Å². The first-order valence-corrected chi connectivity index (χ1v) is 47.2. The van der Waals surface area contributed by atoms with E-state index >= 15 is 0 Å². The highest BCUT2D eigenvalue weighted by molar-refractivity contribution is 5.74. The van der Waals surface area contributed by atoms with Gasteiger partial charge in [-0.05, 0) is 129 Å². The molecule has 21 N–H and O–H groups in total. The number of nitrogen functional groups attached to an aromatic ring is 7. The van der Waals surface area contributed by atoms with Crippen LogP contribution in [0, 0.1) is 78.4 Å². The van der Waals surface area contributed by atoms with E-state index in [4.69, 9.17) is 73.3 Å². The quantitative estimate of drug-likeness (QED) is 0.0451. The summed E-state index contributed by atoms with van der Waals surface area (Å²) in [6.45, 7) is 34.8. The second kappa shape index (κ2) is 40.6. The van der Waals surface area contributed by atoms with Gasteiger partial charge in [0.25, 0.3) is 0 Å². The molecule has 21 heterocycles. The minimum Gasteiger partial charge on any atom is -0.394 e. The van der Waals surface area contributed by atoms with Crippen LogP contribution in [-0.2, 0) is 33.2 Å². The standard InChI is InChI=1S/C15H22N4O2.2C14H19FN4O2.C14H20N4O2.3C13H17FN4O2/c1-8-5-10(19-12(8)14(16)17-7-18-19)13-15(3,4)9(2)11(6-20)21-13;2*1-7-4-8(19-10(7)13(16)17-6-18-19)12-14(2,3)11(15)9(5-20)21-12;1-8-11(6-19)20-12(14(8,2)3)9-4-5-10-13(15)16-7-17-18(9)10;1-6-3-8(18-11(6)13(15)16-5-17-18)12-10(14)7(2)9(4-19)20-12;1-13(2)10(14)9(5-19)20-11(13)7-3-4-8-12(15)16-6-17-18(7)8;1-7-10(5-19)20-11(13(7,2)14)8-3-4-9-12(15)16-6-17-18(8)9/h5,7,9,11,13,20H,6H2,1-4H3,(H2,16,17,18);2*4,6,9,11-12,20H,5H2,1-3H3,(H2,16,17,18);4-5,7-8,11-12,19H,6H2,1-3H3,(H2,15,16,17);3,5,7,9-10,12,19H,4H2,1-2H3,(H2,15,16,17);3-4,6,9-11,19H,5H2,1-2H3,(H2,15,16,17);3-4,6-7,10-11,19H,5H2,1-2H3,(H2,15,16,17)/t9-,11-,13+;2*9-,11-,12+;8-,11-,12+;7-,9-,10-,12+;9-,10-,11+;7-,10-,11+,13-/m1111111/s1. The molecule has 0 aliphatic carbocycles. The highest BCUT2D eigenvalue weighted by Crippen LogP contribution is 2.57. The van der Waals surface area contributed by atoms with Gasteiger partial charge in [-0.25, -0.2) is 88.4 Å². The summed E-state index contributed by atoms with van der Waals surface area (Å²) in [5.74, 6) is 2.43. The number of hydrogen-bond acceptors (Lipinski definition) is 35. The molecule has 23 atom stereocenters. The van der Waals surface area contributed by atoms with E-state index in [0.717, 1.165) is 56.1 Å². The first kappa shape index (κ1) is 105.